The van der Waals surface area contributed by atoms with Crippen LogP contribution in [0.5, 0.6) is 5.75 Å². The summed E-state index contributed by atoms with van der Waals surface area (Å²) in [6.45, 7) is 3.73. The molecule has 4 rings (SSSR count). The number of ether oxygens (including phenoxy) is 1. The van der Waals surface area contributed by atoms with Crippen LogP contribution in [0.25, 0.3) is 5.76 Å². The van der Waals surface area contributed by atoms with Crippen LogP contribution in [0.3, 0.4) is 0 Å². The number of Topliss-reactive ketones (excluding diaryl/α,β-unsaturated/α-hetero) is 1. The average molecular weight is 494 g/mol. The molecule has 9 nitrogen and oxygen atoms in total. The molecule has 1 aliphatic heterocycles. The van der Waals surface area contributed by atoms with E-state index < -0.39 is 27.8 Å². The van der Waals surface area contributed by atoms with Crippen molar-refractivity contribution in [3.8, 4) is 5.75 Å². The van der Waals surface area contributed by atoms with E-state index in [4.69, 9.17) is 9.88 Å². The molecule has 0 bridgehead atoms. The molecule has 35 heavy (non-hydrogen) atoms. The van der Waals surface area contributed by atoms with Crippen molar-refractivity contribution in [1.29, 1.82) is 0 Å². The molecule has 1 saturated heterocycles. The number of aliphatic hydroxyl groups excluding tert-OH is 1. The van der Waals surface area contributed by atoms with E-state index in [0.29, 0.717) is 16.9 Å². The lowest BCUT2D eigenvalue weighted by molar-refractivity contribution is -0.132. The van der Waals surface area contributed by atoms with E-state index >= 15 is 0 Å². The van der Waals surface area contributed by atoms with Gasteiger partial charge in [0, 0.05) is 23.6 Å². The fourth-order valence-electron chi connectivity index (χ4n) is 3.90. The Kier molecular flexibility index (Phi) is 6.42. The van der Waals surface area contributed by atoms with E-state index in [1.807, 2.05) is 13.8 Å². The summed E-state index contributed by atoms with van der Waals surface area (Å²) in [6, 6.07) is 14.2. The zero-order valence-corrected chi connectivity index (χ0v) is 19.8. The minimum Gasteiger partial charge on any atom is -0.507 e. The maximum atomic E-state index is 13.2. The van der Waals surface area contributed by atoms with Crippen molar-refractivity contribution in [1.82, 2.24) is 4.98 Å². The minimum atomic E-state index is -3.95. The molecule has 0 saturated carbocycles. The maximum absolute atomic E-state index is 13.2. The molecular formula is C25H23N3O6S. The van der Waals surface area contributed by atoms with Gasteiger partial charge in [-0.3, -0.25) is 19.5 Å². The van der Waals surface area contributed by atoms with Gasteiger partial charge in [0.25, 0.3) is 11.7 Å². The third-order valence-electron chi connectivity index (χ3n) is 5.39. The van der Waals surface area contributed by atoms with Crippen LogP contribution in [0, 0.1) is 0 Å². The number of carbonyl (C=O) groups excluding carboxylic acids is 2. The molecule has 0 aliphatic carbocycles. The quantitative estimate of drug-likeness (QED) is 0.305. The van der Waals surface area contributed by atoms with Crippen molar-refractivity contribution in [2.75, 3.05) is 4.90 Å². The number of amides is 1. The number of hydrogen-bond acceptors (Lipinski definition) is 7. The smallest absolute Gasteiger partial charge is 0.300 e. The van der Waals surface area contributed by atoms with Crippen LogP contribution in [0.2, 0.25) is 0 Å². The fraction of sp³-hybridized carbons (Fsp3) is 0.160. The van der Waals surface area contributed by atoms with Gasteiger partial charge in [0.1, 0.15) is 11.5 Å². The zero-order chi connectivity index (χ0) is 25.3. The summed E-state index contributed by atoms with van der Waals surface area (Å²) in [5.41, 5.74) is 0.992. The minimum absolute atomic E-state index is 0.102. The molecule has 0 radical (unpaired) electrons. The number of sulfonamides is 1. The Hall–Kier alpha value is -4.02. The third kappa shape index (κ3) is 4.79. The number of nitrogens with zero attached hydrogens (tertiary/aromatic N) is 2. The number of hydrogen-bond donors (Lipinski definition) is 2. The fourth-order valence-corrected chi connectivity index (χ4v) is 4.42. The Balaban J connectivity index is 1.88. The van der Waals surface area contributed by atoms with Crippen molar-refractivity contribution >= 4 is 33.2 Å². The van der Waals surface area contributed by atoms with Gasteiger partial charge < -0.3 is 9.84 Å². The van der Waals surface area contributed by atoms with Crippen molar-refractivity contribution in [2.24, 2.45) is 5.14 Å². The van der Waals surface area contributed by atoms with Crippen LogP contribution in [0.1, 0.15) is 31.0 Å². The highest BCUT2D eigenvalue weighted by Crippen LogP contribution is 2.42. The van der Waals surface area contributed by atoms with Crippen molar-refractivity contribution < 1.29 is 27.9 Å². The van der Waals surface area contributed by atoms with E-state index in [2.05, 4.69) is 4.98 Å². The van der Waals surface area contributed by atoms with Gasteiger partial charge in [-0.15, -0.1) is 0 Å². The monoisotopic (exact) mass is 493 g/mol. The number of rotatable bonds is 6. The lowest BCUT2D eigenvalue weighted by Crippen LogP contribution is -2.29. The second kappa shape index (κ2) is 9.32. The first-order chi connectivity index (χ1) is 16.6. The molecule has 2 aromatic carbocycles. The third-order valence-corrected chi connectivity index (χ3v) is 6.32. The lowest BCUT2D eigenvalue weighted by atomic mass is 9.95. The summed E-state index contributed by atoms with van der Waals surface area (Å²) < 4.78 is 29.0. The van der Waals surface area contributed by atoms with Crippen molar-refractivity contribution in [2.45, 2.75) is 30.9 Å². The van der Waals surface area contributed by atoms with Gasteiger partial charge in [0.05, 0.1) is 22.6 Å². The van der Waals surface area contributed by atoms with Crippen LogP contribution in [-0.4, -0.2) is 36.3 Å². The second-order valence-electron chi connectivity index (χ2n) is 8.18. The van der Waals surface area contributed by atoms with Crippen LogP contribution >= 0.6 is 0 Å². The summed E-state index contributed by atoms with van der Waals surface area (Å²) in [5.74, 6) is -1.61. The molecule has 10 heteroatoms. The van der Waals surface area contributed by atoms with Crippen LogP contribution in [-0.2, 0) is 19.6 Å². The Labute approximate surface area is 202 Å². The first-order valence-electron chi connectivity index (χ1n) is 10.7. The van der Waals surface area contributed by atoms with E-state index in [-0.39, 0.29) is 28.0 Å². The molecule has 1 aliphatic rings. The van der Waals surface area contributed by atoms with Crippen LogP contribution in [0.4, 0.5) is 5.69 Å². The first-order valence-corrected chi connectivity index (χ1v) is 12.2. The summed E-state index contributed by atoms with van der Waals surface area (Å²) >= 11 is 0. The highest BCUT2D eigenvalue weighted by molar-refractivity contribution is 7.89. The lowest BCUT2D eigenvalue weighted by Gasteiger charge is -2.25. The largest absolute Gasteiger partial charge is 0.507 e. The number of benzene rings is 2. The predicted octanol–water partition coefficient (Wildman–Crippen LogP) is 3.14. The molecule has 2 heterocycles. The zero-order valence-electron chi connectivity index (χ0n) is 19.0. The molecule has 1 aromatic heterocycles. The molecule has 1 atom stereocenters. The summed E-state index contributed by atoms with van der Waals surface area (Å²) in [6.07, 6.45) is 2.92. The van der Waals surface area contributed by atoms with Crippen molar-refractivity contribution in [3.63, 3.8) is 0 Å². The standard InChI is InChI=1S/C25H23N3O6S/c1-15(2)34-19-5-3-4-17(14-19)23(29)21-22(16-10-12-27-13-11-16)28(25(31)24(21)30)18-6-8-20(9-7-18)35(26,32)33/h3-15,22,29H,1-2H3,(H2,26,32,33)/b23-21+. The highest BCUT2D eigenvalue weighted by Gasteiger charge is 2.47. The molecule has 0 spiro atoms. The maximum Gasteiger partial charge on any atom is 0.300 e. The highest BCUT2D eigenvalue weighted by atomic mass is 32.2. The van der Waals surface area contributed by atoms with Gasteiger partial charge in [-0.2, -0.15) is 0 Å². The number of primary sulfonamides is 1. The predicted molar refractivity (Wildman–Crippen MR) is 129 cm³/mol. The number of ketones is 1. The number of aromatic nitrogens is 1. The molecular weight excluding hydrogens is 470 g/mol. The number of pyridine rings is 1. The van der Waals surface area contributed by atoms with E-state index in [9.17, 15) is 23.1 Å². The van der Waals surface area contributed by atoms with E-state index in [1.165, 1.54) is 41.6 Å². The van der Waals surface area contributed by atoms with Gasteiger partial charge in [-0.25, -0.2) is 13.6 Å². The van der Waals surface area contributed by atoms with E-state index in [0.717, 1.165) is 0 Å². The number of anilines is 1. The Morgan fingerprint density at radius 1 is 1.06 bits per heavy atom. The summed E-state index contributed by atoms with van der Waals surface area (Å²) in [7, 11) is -3.95. The molecule has 1 unspecified atom stereocenters. The van der Waals surface area contributed by atoms with Gasteiger partial charge >= 0.3 is 0 Å². The average Bonchev–Trinajstić information content (AvgIpc) is 3.09. The number of carbonyl (C=O) groups is 2. The SMILES string of the molecule is CC(C)Oc1cccc(/C(O)=C2\C(=O)C(=O)N(c3ccc(S(N)(=O)=O)cc3)C2c2ccncc2)c1. The van der Waals surface area contributed by atoms with Gasteiger partial charge in [0.2, 0.25) is 10.0 Å². The number of nitrogens with two attached hydrogens (primary N) is 1. The van der Waals surface area contributed by atoms with Crippen LogP contribution < -0.4 is 14.8 Å². The normalized spacial score (nSPS) is 17.7. The van der Waals surface area contributed by atoms with Gasteiger partial charge in [-0.1, -0.05) is 12.1 Å². The molecule has 180 valence electrons. The Morgan fingerprint density at radius 3 is 2.31 bits per heavy atom. The van der Waals surface area contributed by atoms with Crippen molar-refractivity contribution in [3.05, 3.63) is 89.8 Å². The molecule has 1 amide bonds. The second-order valence-corrected chi connectivity index (χ2v) is 9.74. The Bertz CT molecular complexity index is 1420. The van der Waals surface area contributed by atoms with Gasteiger partial charge in [0.15, 0.2) is 0 Å². The topological polar surface area (TPSA) is 140 Å². The molecule has 3 aromatic rings. The molecule has 3 N–H and O–H groups in total. The first kappa shape index (κ1) is 24.1. The summed E-state index contributed by atoms with van der Waals surface area (Å²) in [5, 5.41) is 16.4. The van der Waals surface area contributed by atoms with E-state index in [1.54, 1.807) is 36.4 Å². The van der Waals surface area contributed by atoms with Gasteiger partial charge in [-0.05, 0) is 67.9 Å². The molecule has 1 fully saturated rings. The summed E-state index contributed by atoms with van der Waals surface area (Å²) in [4.78, 5) is 31.5. The Morgan fingerprint density at radius 2 is 1.71 bits per heavy atom. The number of aliphatic hydroxyl groups is 1. The van der Waals surface area contributed by atoms with Crippen LogP contribution in [0.15, 0.2) is 83.5 Å².